The van der Waals surface area contributed by atoms with Crippen LogP contribution in [0.2, 0.25) is 0 Å². The van der Waals surface area contributed by atoms with Crippen molar-refractivity contribution in [2.24, 2.45) is 5.92 Å². The maximum absolute atomic E-state index is 14.0. The fourth-order valence-corrected chi connectivity index (χ4v) is 3.11. The van der Waals surface area contributed by atoms with E-state index in [0.29, 0.717) is 12.1 Å². The van der Waals surface area contributed by atoms with Crippen LogP contribution < -0.4 is 16.0 Å². The van der Waals surface area contributed by atoms with E-state index in [0.717, 1.165) is 25.3 Å². The molecule has 1 heterocycles. The lowest BCUT2D eigenvalue weighted by atomic mass is 9.94. The van der Waals surface area contributed by atoms with E-state index in [2.05, 4.69) is 16.0 Å². The average Bonchev–Trinajstić information content (AvgIpc) is 2.64. The van der Waals surface area contributed by atoms with Gasteiger partial charge in [-0.05, 0) is 30.9 Å². The molecule has 0 fully saturated rings. The van der Waals surface area contributed by atoms with Gasteiger partial charge < -0.3 is 15.4 Å². The van der Waals surface area contributed by atoms with E-state index in [9.17, 15) is 17.6 Å². The molecule has 144 valence electrons. The molecule has 3 N–H and O–H groups in total. The highest BCUT2D eigenvalue weighted by molar-refractivity contribution is 5.24. The van der Waals surface area contributed by atoms with Crippen molar-refractivity contribution in [3.8, 4) is 0 Å². The van der Waals surface area contributed by atoms with E-state index in [-0.39, 0.29) is 37.1 Å². The van der Waals surface area contributed by atoms with E-state index in [4.69, 9.17) is 4.74 Å². The quantitative estimate of drug-likeness (QED) is 0.625. The second-order valence-electron chi connectivity index (χ2n) is 6.64. The van der Waals surface area contributed by atoms with E-state index >= 15 is 0 Å². The predicted octanol–water partition coefficient (Wildman–Crippen LogP) is 3.38. The fourth-order valence-electron chi connectivity index (χ4n) is 3.11. The number of nitrogens with one attached hydrogen (secondary N) is 3. The topological polar surface area (TPSA) is 45.3 Å². The van der Waals surface area contributed by atoms with Crippen molar-refractivity contribution in [2.45, 2.75) is 38.2 Å². The van der Waals surface area contributed by atoms with Gasteiger partial charge in [-0.25, -0.2) is 17.6 Å². The number of halogens is 4. The molecule has 3 aliphatic rings. The number of hydrogen-bond acceptors (Lipinski definition) is 4. The summed E-state index contributed by atoms with van der Waals surface area (Å²) in [7, 11) is 0. The normalized spacial score (nSPS) is 29.5. The van der Waals surface area contributed by atoms with Gasteiger partial charge in [-0.1, -0.05) is 12.2 Å². The molecule has 0 radical (unpaired) electrons. The SMILES string of the molecule is FC1=CC=C(COC2NCC(F)=C(NCC3CCCC=C3F)N2)CC1F. The van der Waals surface area contributed by atoms with Gasteiger partial charge in [0.05, 0.1) is 13.2 Å². The summed E-state index contributed by atoms with van der Waals surface area (Å²) in [6, 6.07) is 0. The summed E-state index contributed by atoms with van der Waals surface area (Å²) in [6.07, 6.45) is 4.17. The Bertz CT molecular complexity index is 644. The van der Waals surface area contributed by atoms with Crippen molar-refractivity contribution >= 4 is 0 Å². The van der Waals surface area contributed by atoms with Gasteiger partial charge >= 0.3 is 0 Å². The summed E-state index contributed by atoms with van der Waals surface area (Å²) in [5, 5.41) is 8.54. The summed E-state index contributed by atoms with van der Waals surface area (Å²) in [5.41, 5.74) is 0.612. The van der Waals surface area contributed by atoms with Crippen LogP contribution in [0.15, 0.2) is 47.1 Å². The Morgan fingerprint density at radius 3 is 2.81 bits per heavy atom. The first-order valence-electron chi connectivity index (χ1n) is 8.81. The van der Waals surface area contributed by atoms with Gasteiger partial charge in [-0.15, -0.1) is 0 Å². The monoisotopic (exact) mass is 373 g/mol. The minimum atomic E-state index is -1.64. The molecule has 0 aromatic rings. The van der Waals surface area contributed by atoms with E-state index in [1.165, 1.54) is 6.08 Å². The number of ether oxygens (including phenoxy) is 1. The zero-order valence-corrected chi connectivity index (χ0v) is 14.3. The molecule has 0 saturated carbocycles. The number of hydrogen-bond donors (Lipinski definition) is 3. The minimum Gasteiger partial charge on any atom is -0.369 e. The number of rotatable bonds is 6. The zero-order valence-electron chi connectivity index (χ0n) is 14.3. The highest BCUT2D eigenvalue weighted by Crippen LogP contribution is 2.25. The van der Waals surface area contributed by atoms with E-state index in [1.54, 1.807) is 6.08 Å². The molecule has 2 aliphatic carbocycles. The average molecular weight is 373 g/mol. The molecule has 26 heavy (non-hydrogen) atoms. The smallest absolute Gasteiger partial charge is 0.186 e. The minimum absolute atomic E-state index is 0.0394. The molecule has 4 nitrogen and oxygen atoms in total. The third kappa shape index (κ3) is 4.88. The van der Waals surface area contributed by atoms with Crippen LogP contribution in [0.25, 0.3) is 0 Å². The Morgan fingerprint density at radius 2 is 2.04 bits per heavy atom. The summed E-state index contributed by atoms with van der Waals surface area (Å²) in [4.78, 5) is 0. The lowest BCUT2D eigenvalue weighted by Gasteiger charge is -2.30. The molecule has 3 unspecified atom stereocenters. The van der Waals surface area contributed by atoms with Crippen LogP contribution in [0.3, 0.4) is 0 Å². The molecular formula is C18H23F4N3O. The van der Waals surface area contributed by atoms with E-state index in [1.807, 2.05) is 0 Å². The molecule has 1 aliphatic heterocycles. The second kappa shape index (κ2) is 8.73. The van der Waals surface area contributed by atoms with Crippen LogP contribution >= 0.6 is 0 Å². The molecule has 0 aromatic heterocycles. The van der Waals surface area contributed by atoms with Crippen LogP contribution in [0, 0.1) is 5.92 Å². The highest BCUT2D eigenvalue weighted by atomic mass is 19.2. The maximum Gasteiger partial charge on any atom is 0.186 e. The summed E-state index contributed by atoms with van der Waals surface area (Å²) >= 11 is 0. The Labute approximate surface area is 150 Å². The zero-order chi connectivity index (χ0) is 18.5. The van der Waals surface area contributed by atoms with Gasteiger partial charge in [-0.3, -0.25) is 5.32 Å². The Balaban J connectivity index is 1.48. The summed E-state index contributed by atoms with van der Waals surface area (Å²) in [6.45, 7) is 0.343. The van der Waals surface area contributed by atoms with Gasteiger partial charge in [0, 0.05) is 18.9 Å². The Morgan fingerprint density at radius 1 is 1.19 bits per heavy atom. The molecule has 0 bridgehead atoms. The van der Waals surface area contributed by atoms with E-state index < -0.39 is 24.2 Å². The first-order valence-corrected chi connectivity index (χ1v) is 8.81. The number of allylic oxidation sites excluding steroid dienone is 4. The largest absolute Gasteiger partial charge is 0.369 e. The molecule has 0 saturated heterocycles. The van der Waals surface area contributed by atoms with Crippen molar-refractivity contribution in [1.82, 2.24) is 16.0 Å². The predicted molar refractivity (Wildman–Crippen MR) is 90.3 cm³/mol. The first kappa shape index (κ1) is 19.0. The summed E-state index contributed by atoms with van der Waals surface area (Å²) < 4.78 is 59.6. The van der Waals surface area contributed by atoms with Gasteiger partial charge in [-0.2, -0.15) is 0 Å². The Kier molecular flexibility index (Phi) is 6.37. The maximum atomic E-state index is 14.0. The van der Waals surface area contributed by atoms with Gasteiger partial charge in [0.2, 0.25) is 0 Å². The second-order valence-corrected chi connectivity index (χ2v) is 6.64. The van der Waals surface area contributed by atoms with Crippen molar-refractivity contribution in [3.63, 3.8) is 0 Å². The van der Waals surface area contributed by atoms with Crippen LogP contribution in [0.5, 0.6) is 0 Å². The molecule has 3 rings (SSSR count). The van der Waals surface area contributed by atoms with Crippen LogP contribution in [0.4, 0.5) is 17.6 Å². The standard InChI is InChI=1S/C18H23F4N3O/c19-13-4-2-1-3-12(13)8-23-17-16(22)9-24-18(25-17)26-10-11-5-6-14(20)15(21)7-11/h4-6,12,15,18,23-25H,1-3,7-10H2. The highest BCUT2D eigenvalue weighted by Gasteiger charge is 2.24. The lowest BCUT2D eigenvalue weighted by molar-refractivity contribution is 0.0174. The number of alkyl halides is 1. The third-order valence-electron chi connectivity index (χ3n) is 4.65. The fraction of sp³-hybridized carbons (Fsp3) is 0.556. The van der Waals surface area contributed by atoms with Gasteiger partial charge in [0.1, 0.15) is 17.5 Å². The molecule has 8 heteroatoms. The van der Waals surface area contributed by atoms with Crippen LogP contribution in [0.1, 0.15) is 25.7 Å². The molecule has 3 atom stereocenters. The van der Waals surface area contributed by atoms with Crippen LogP contribution in [-0.4, -0.2) is 32.2 Å². The molecular weight excluding hydrogens is 350 g/mol. The molecule has 0 aromatic carbocycles. The van der Waals surface area contributed by atoms with Crippen molar-refractivity contribution in [1.29, 1.82) is 0 Å². The Hall–Kier alpha value is -1.80. The summed E-state index contributed by atoms with van der Waals surface area (Å²) in [5.74, 6) is -1.45. The van der Waals surface area contributed by atoms with Crippen molar-refractivity contribution in [2.75, 3.05) is 19.7 Å². The third-order valence-corrected chi connectivity index (χ3v) is 4.65. The molecule has 0 spiro atoms. The first-order chi connectivity index (χ1) is 12.5. The van der Waals surface area contributed by atoms with Crippen LogP contribution in [-0.2, 0) is 4.74 Å². The molecule has 0 amide bonds. The lowest BCUT2D eigenvalue weighted by Crippen LogP contribution is -2.52. The van der Waals surface area contributed by atoms with Gasteiger partial charge in [0.25, 0.3) is 0 Å². The van der Waals surface area contributed by atoms with Gasteiger partial charge in [0.15, 0.2) is 18.4 Å². The van der Waals surface area contributed by atoms with Crippen molar-refractivity contribution in [3.05, 3.63) is 47.1 Å². The van der Waals surface area contributed by atoms with Crippen molar-refractivity contribution < 1.29 is 22.3 Å².